The average molecular weight is 345 g/mol. The molecular formula is C19H24FN3O2. The number of halogens is 1. The first-order valence-corrected chi connectivity index (χ1v) is 8.91. The molecule has 2 fully saturated rings. The molecule has 2 aliphatic rings. The summed E-state index contributed by atoms with van der Waals surface area (Å²) in [5.74, 6) is -0.534. The minimum absolute atomic E-state index is 0.0989. The van der Waals surface area contributed by atoms with Crippen LogP contribution in [0.1, 0.15) is 50.1 Å². The molecule has 1 saturated carbocycles. The number of amides is 1. The van der Waals surface area contributed by atoms with Gasteiger partial charge in [-0.25, -0.2) is 4.39 Å². The highest BCUT2D eigenvalue weighted by Gasteiger charge is 2.37. The predicted molar refractivity (Wildman–Crippen MR) is 90.9 cm³/mol. The molecule has 2 atom stereocenters. The van der Waals surface area contributed by atoms with E-state index in [1.807, 2.05) is 11.0 Å². The van der Waals surface area contributed by atoms with Crippen LogP contribution in [0.3, 0.4) is 0 Å². The molecule has 1 aliphatic heterocycles. The van der Waals surface area contributed by atoms with Crippen LogP contribution in [-0.4, -0.2) is 40.6 Å². The quantitative estimate of drug-likeness (QED) is 0.878. The number of benzene rings is 1. The topological polar surface area (TPSA) is 76.4 Å². The highest BCUT2D eigenvalue weighted by atomic mass is 19.1. The Kier molecular flexibility index (Phi) is 5.36. The van der Waals surface area contributed by atoms with Crippen molar-refractivity contribution in [3.63, 3.8) is 0 Å². The summed E-state index contributed by atoms with van der Waals surface area (Å²) in [6.45, 7) is 0.468. The zero-order valence-electron chi connectivity index (χ0n) is 14.2. The van der Waals surface area contributed by atoms with E-state index in [-0.39, 0.29) is 24.3 Å². The standard InChI is InChI=1S/C19H24FN3O2/c20-15-6-4-5-14(9-15)17-10-16(24)11-23(17)12-18(25)22-19(13-21)7-2-1-3-8-19/h4-6,9,16-17,24H,1-3,7-8,10-12H2,(H,22,25)/t16-,17-/m1/s1. The van der Waals surface area contributed by atoms with Gasteiger partial charge in [-0.3, -0.25) is 9.69 Å². The fourth-order valence-corrected chi connectivity index (χ4v) is 4.03. The summed E-state index contributed by atoms with van der Waals surface area (Å²) in [5, 5.41) is 22.4. The number of aliphatic hydroxyl groups is 1. The van der Waals surface area contributed by atoms with Crippen LogP contribution in [0.5, 0.6) is 0 Å². The number of rotatable bonds is 4. The van der Waals surface area contributed by atoms with E-state index < -0.39 is 11.6 Å². The molecule has 25 heavy (non-hydrogen) atoms. The van der Waals surface area contributed by atoms with Gasteiger partial charge >= 0.3 is 0 Å². The molecule has 0 spiro atoms. The number of nitrogens with zero attached hydrogens (tertiary/aromatic N) is 2. The normalized spacial score (nSPS) is 26.1. The molecule has 0 radical (unpaired) electrons. The third-order valence-electron chi connectivity index (χ3n) is 5.26. The molecule has 1 aromatic carbocycles. The average Bonchev–Trinajstić information content (AvgIpc) is 2.96. The second-order valence-electron chi connectivity index (χ2n) is 7.19. The molecule has 1 aliphatic carbocycles. The second-order valence-corrected chi connectivity index (χ2v) is 7.19. The van der Waals surface area contributed by atoms with Crippen LogP contribution >= 0.6 is 0 Å². The number of nitrogens with one attached hydrogen (secondary N) is 1. The molecule has 5 nitrogen and oxygen atoms in total. The zero-order valence-corrected chi connectivity index (χ0v) is 14.2. The number of carbonyl (C=O) groups is 1. The number of carbonyl (C=O) groups excluding carboxylic acids is 1. The van der Waals surface area contributed by atoms with Crippen LogP contribution in [0.4, 0.5) is 4.39 Å². The van der Waals surface area contributed by atoms with Gasteiger partial charge in [-0.1, -0.05) is 31.4 Å². The van der Waals surface area contributed by atoms with Crippen LogP contribution in [0.15, 0.2) is 24.3 Å². The zero-order chi connectivity index (χ0) is 17.9. The van der Waals surface area contributed by atoms with Gasteiger partial charge < -0.3 is 10.4 Å². The van der Waals surface area contributed by atoms with Gasteiger partial charge in [-0.2, -0.15) is 5.26 Å². The van der Waals surface area contributed by atoms with Crippen molar-refractivity contribution < 1.29 is 14.3 Å². The second kappa shape index (κ2) is 7.51. The molecule has 0 unspecified atom stereocenters. The van der Waals surface area contributed by atoms with Crippen LogP contribution in [0, 0.1) is 17.1 Å². The van der Waals surface area contributed by atoms with E-state index in [0.717, 1.165) is 24.8 Å². The van der Waals surface area contributed by atoms with Gasteiger partial charge in [0, 0.05) is 12.6 Å². The molecule has 6 heteroatoms. The Labute approximate surface area is 147 Å². The van der Waals surface area contributed by atoms with E-state index in [2.05, 4.69) is 11.4 Å². The Hall–Kier alpha value is -1.97. The van der Waals surface area contributed by atoms with Crippen LogP contribution in [0.25, 0.3) is 0 Å². The maximum atomic E-state index is 13.5. The largest absolute Gasteiger partial charge is 0.392 e. The van der Waals surface area contributed by atoms with Crippen molar-refractivity contribution >= 4 is 5.91 Å². The lowest BCUT2D eigenvalue weighted by atomic mass is 9.83. The monoisotopic (exact) mass is 345 g/mol. The van der Waals surface area contributed by atoms with E-state index in [9.17, 15) is 19.6 Å². The lowest BCUT2D eigenvalue weighted by molar-refractivity contribution is -0.124. The lowest BCUT2D eigenvalue weighted by Crippen LogP contribution is -2.51. The van der Waals surface area contributed by atoms with E-state index >= 15 is 0 Å². The van der Waals surface area contributed by atoms with Crippen LogP contribution in [0.2, 0.25) is 0 Å². The number of hydrogen-bond acceptors (Lipinski definition) is 4. The van der Waals surface area contributed by atoms with Gasteiger partial charge in [0.2, 0.25) is 5.91 Å². The third kappa shape index (κ3) is 4.17. The van der Waals surface area contributed by atoms with Crippen LogP contribution < -0.4 is 5.32 Å². The molecule has 1 aromatic rings. The number of nitriles is 1. The van der Waals surface area contributed by atoms with Crippen molar-refractivity contribution in [1.82, 2.24) is 10.2 Å². The highest BCUT2D eigenvalue weighted by molar-refractivity contribution is 5.79. The van der Waals surface area contributed by atoms with Crippen molar-refractivity contribution in [2.75, 3.05) is 13.1 Å². The van der Waals surface area contributed by atoms with Gasteiger partial charge in [-0.15, -0.1) is 0 Å². The molecule has 0 bridgehead atoms. The van der Waals surface area contributed by atoms with Crippen molar-refractivity contribution in [1.29, 1.82) is 5.26 Å². The number of hydrogen-bond donors (Lipinski definition) is 2. The fourth-order valence-electron chi connectivity index (χ4n) is 4.03. The Morgan fingerprint density at radius 3 is 2.84 bits per heavy atom. The highest BCUT2D eigenvalue weighted by Crippen LogP contribution is 2.32. The molecule has 3 rings (SSSR count). The van der Waals surface area contributed by atoms with Gasteiger partial charge in [-0.05, 0) is 37.0 Å². The van der Waals surface area contributed by atoms with E-state index in [0.29, 0.717) is 25.8 Å². The third-order valence-corrected chi connectivity index (χ3v) is 5.26. The van der Waals surface area contributed by atoms with E-state index in [1.54, 1.807) is 6.07 Å². The van der Waals surface area contributed by atoms with E-state index in [1.165, 1.54) is 12.1 Å². The maximum Gasteiger partial charge on any atom is 0.235 e. The Bertz CT molecular complexity index is 667. The minimum atomic E-state index is -0.762. The Balaban J connectivity index is 1.68. The summed E-state index contributed by atoms with van der Waals surface area (Å²) in [6.07, 6.45) is 4.29. The summed E-state index contributed by atoms with van der Waals surface area (Å²) >= 11 is 0. The minimum Gasteiger partial charge on any atom is -0.392 e. The molecule has 134 valence electrons. The van der Waals surface area contributed by atoms with Gasteiger partial charge in [0.1, 0.15) is 11.4 Å². The van der Waals surface area contributed by atoms with Crippen molar-refractivity contribution in [2.45, 2.75) is 56.2 Å². The first kappa shape index (κ1) is 17.8. The van der Waals surface area contributed by atoms with Crippen LogP contribution in [-0.2, 0) is 4.79 Å². The molecular weight excluding hydrogens is 321 g/mol. The van der Waals surface area contributed by atoms with Crippen molar-refractivity contribution in [2.24, 2.45) is 0 Å². The Morgan fingerprint density at radius 2 is 2.16 bits per heavy atom. The predicted octanol–water partition coefficient (Wildman–Crippen LogP) is 2.28. The molecule has 1 amide bonds. The molecule has 1 saturated heterocycles. The molecule has 0 aromatic heterocycles. The van der Waals surface area contributed by atoms with Gasteiger partial charge in [0.15, 0.2) is 0 Å². The first-order valence-electron chi connectivity index (χ1n) is 8.91. The molecule has 1 heterocycles. The fraction of sp³-hybridized carbons (Fsp3) is 0.579. The number of aliphatic hydroxyl groups excluding tert-OH is 1. The Morgan fingerprint density at radius 1 is 1.40 bits per heavy atom. The van der Waals surface area contributed by atoms with Gasteiger partial charge in [0.25, 0.3) is 0 Å². The first-order chi connectivity index (χ1) is 12.0. The lowest BCUT2D eigenvalue weighted by Gasteiger charge is -2.33. The van der Waals surface area contributed by atoms with Crippen molar-refractivity contribution in [3.05, 3.63) is 35.6 Å². The smallest absolute Gasteiger partial charge is 0.235 e. The van der Waals surface area contributed by atoms with Gasteiger partial charge in [0.05, 0.1) is 18.7 Å². The number of likely N-dealkylation sites (tertiary alicyclic amines) is 1. The summed E-state index contributed by atoms with van der Waals surface area (Å²) < 4.78 is 13.5. The molecule has 2 N–H and O–H groups in total. The summed E-state index contributed by atoms with van der Waals surface area (Å²) in [4.78, 5) is 14.4. The summed E-state index contributed by atoms with van der Waals surface area (Å²) in [5.41, 5.74) is -0.000757. The number of β-amino-alcohol motifs (C(OH)–C–C–N with tert-alkyl or cyclic N) is 1. The maximum absolute atomic E-state index is 13.5. The van der Waals surface area contributed by atoms with E-state index in [4.69, 9.17) is 0 Å². The van der Waals surface area contributed by atoms with Crippen molar-refractivity contribution in [3.8, 4) is 6.07 Å². The summed E-state index contributed by atoms with van der Waals surface area (Å²) in [7, 11) is 0. The summed E-state index contributed by atoms with van der Waals surface area (Å²) in [6, 6.07) is 8.37. The SMILES string of the molecule is N#CC1(NC(=O)CN2C[C@H](O)C[C@@H]2c2cccc(F)c2)CCCCC1.